The van der Waals surface area contributed by atoms with Crippen LogP contribution in [-0.2, 0) is 4.74 Å². The fourth-order valence-corrected chi connectivity index (χ4v) is 2.24. The number of carbonyl (C=O) groups is 1. The van der Waals surface area contributed by atoms with Crippen LogP contribution in [-0.4, -0.2) is 49.6 Å². The maximum atomic E-state index is 13.0. The molecule has 0 aromatic heterocycles. The van der Waals surface area contributed by atoms with Crippen molar-refractivity contribution in [3.05, 3.63) is 29.6 Å². The summed E-state index contributed by atoms with van der Waals surface area (Å²) in [7, 11) is 0. The van der Waals surface area contributed by atoms with E-state index in [1.54, 1.807) is 0 Å². The molecule has 20 heavy (non-hydrogen) atoms. The van der Waals surface area contributed by atoms with Crippen LogP contribution in [0.15, 0.2) is 18.2 Å². The van der Waals surface area contributed by atoms with Gasteiger partial charge in [-0.2, -0.15) is 0 Å². The van der Waals surface area contributed by atoms with E-state index in [4.69, 9.17) is 9.47 Å². The van der Waals surface area contributed by atoms with Crippen molar-refractivity contribution in [2.24, 2.45) is 0 Å². The van der Waals surface area contributed by atoms with Gasteiger partial charge in [0.25, 0.3) is 0 Å². The largest absolute Gasteiger partial charge is 0.490 e. The first-order valence-corrected chi connectivity index (χ1v) is 6.83. The van der Waals surface area contributed by atoms with Gasteiger partial charge in [0.05, 0.1) is 12.2 Å². The first-order chi connectivity index (χ1) is 9.60. The van der Waals surface area contributed by atoms with Gasteiger partial charge in [0, 0.05) is 19.1 Å². The lowest BCUT2D eigenvalue weighted by Gasteiger charge is -2.35. The highest BCUT2D eigenvalue weighted by Gasteiger charge is 2.23. The molecule has 2 rings (SSSR count). The van der Waals surface area contributed by atoms with Gasteiger partial charge in [0.2, 0.25) is 0 Å². The predicted octanol–water partition coefficient (Wildman–Crippen LogP) is 2.13. The monoisotopic (exact) mass is 281 g/mol. The number of carbonyl (C=O) groups excluding carboxylic acids is 1. The molecule has 0 N–H and O–H groups in total. The smallest absolute Gasteiger partial charge is 0.153 e. The molecule has 0 bridgehead atoms. The van der Waals surface area contributed by atoms with Crippen LogP contribution >= 0.6 is 0 Å². The molecule has 5 heteroatoms. The molecule has 1 aliphatic heterocycles. The molecule has 0 amide bonds. The predicted molar refractivity (Wildman–Crippen MR) is 73.7 cm³/mol. The quantitative estimate of drug-likeness (QED) is 0.775. The molecule has 1 fully saturated rings. The van der Waals surface area contributed by atoms with Crippen LogP contribution < -0.4 is 4.74 Å². The summed E-state index contributed by atoms with van der Waals surface area (Å²) in [5, 5.41) is 0. The van der Waals surface area contributed by atoms with Crippen molar-refractivity contribution in [2.45, 2.75) is 26.0 Å². The number of morpholine rings is 1. The summed E-state index contributed by atoms with van der Waals surface area (Å²) in [6, 6.07) is 4.40. The summed E-state index contributed by atoms with van der Waals surface area (Å²) < 4.78 is 24.3. The molecule has 0 radical (unpaired) electrons. The van der Waals surface area contributed by atoms with Gasteiger partial charge in [-0.25, -0.2) is 4.39 Å². The Balaban J connectivity index is 1.93. The average molecular weight is 281 g/mol. The van der Waals surface area contributed by atoms with Gasteiger partial charge in [0.15, 0.2) is 6.29 Å². The summed E-state index contributed by atoms with van der Waals surface area (Å²) >= 11 is 0. The summed E-state index contributed by atoms with van der Waals surface area (Å²) in [6.45, 7) is 7.05. The van der Waals surface area contributed by atoms with Crippen LogP contribution in [0.4, 0.5) is 4.39 Å². The number of rotatable bonds is 5. The number of ether oxygens (including phenoxy) is 2. The topological polar surface area (TPSA) is 38.8 Å². The Hall–Kier alpha value is -1.46. The van der Waals surface area contributed by atoms with Crippen LogP contribution in [0, 0.1) is 5.82 Å². The average Bonchev–Trinajstić information content (AvgIpc) is 2.46. The lowest BCUT2D eigenvalue weighted by Crippen LogP contribution is -2.47. The summed E-state index contributed by atoms with van der Waals surface area (Å²) in [6.07, 6.45) is 0.566. The number of aldehydes is 1. The van der Waals surface area contributed by atoms with Gasteiger partial charge in [-0.05, 0) is 32.0 Å². The van der Waals surface area contributed by atoms with E-state index in [1.807, 2.05) is 0 Å². The SMILES string of the molecule is CC(C)N1CCOC(COc2ccc(F)cc2C=O)C1. The zero-order valence-corrected chi connectivity index (χ0v) is 11.8. The van der Waals surface area contributed by atoms with Crippen molar-refractivity contribution in [1.29, 1.82) is 0 Å². The normalized spacial score (nSPS) is 20.1. The highest BCUT2D eigenvalue weighted by atomic mass is 19.1. The molecule has 0 aliphatic carbocycles. The molecule has 110 valence electrons. The summed E-state index contributed by atoms with van der Waals surface area (Å²) in [5.74, 6) is -0.0500. The Labute approximate surface area is 118 Å². The van der Waals surface area contributed by atoms with Crippen molar-refractivity contribution < 1.29 is 18.7 Å². The second kappa shape index (κ2) is 6.81. The van der Waals surface area contributed by atoms with Crippen LogP contribution in [0.5, 0.6) is 5.75 Å². The number of halogens is 1. The number of nitrogens with zero attached hydrogens (tertiary/aromatic N) is 1. The van der Waals surface area contributed by atoms with Gasteiger partial charge in [-0.15, -0.1) is 0 Å². The third-order valence-electron chi connectivity index (χ3n) is 3.42. The third-order valence-corrected chi connectivity index (χ3v) is 3.42. The first kappa shape index (κ1) is 14.9. The van der Waals surface area contributed by atoms with Crippen LogP contribution in [0.1, 0.15) is 24.2 Å². The Morgan fingerprint density at radius 3 is 3.05 bits per heavy atom. The zero-order chi connectivity index (χ0) is 14.5. The standard InChI is InChI=1S/C15H20FNO3/c1-11(2)17-5-6-19-14(8-17)10-20-15-4-3-13(16)7-12(15)9-18/h3-4,7,9,11,14H,5-6,8,10H2,1-2H3. The fourth-order valence-electron chi connectivity index (χ4n) is 2.24. The molecule has 0 saturated carbocycles. The van der Waals surface area contributed by atoms with Crippen molar-refractivity contribution >= 4 is 6.29 Å². The summed E-state index contributed by atoms with van der Waals surface area (Å²) in [5.41, 5.74) is 0.224. The van der Waals surface area contributed by atoms with Gasteiger partial charge in [-0.3, -0.25) is 9.69 Å². The Kier molecular flexibility index (Phi) is 5.09. The van der Waals surface area contributed by atoms with E-state index in [-0.39, 0.29) is 11.7 Å². The van der Waals surface area contributed by atoms with Crippen LogP contribution in [0.3, 0.4) is 0 Å². The number of benzene rings is 1. The zero-order valence-electron chi connectivity index (χ0n) is 11.8. The van der Waals surface area contributed by atoms with Crippen LogP contribution in [0.2, 0.25) is 0 Å². The molecule has 1 aliphatic rings. The van der Waals surface area contributed by atoms with E-state index in [0.29, 0.717) is 31.3 Å². The molecule has 1 unspecified atom stereocenters. The third kappa shape index (κ3) is 3.77. The van der Waals surface area contributed by atoms with Gasteiger partial charge >= 0.3 is 0 Å². The van der Waals surface area contributed by atoms with E-state index < -0.39 is 5.82 Å². The second-order valence-corrected chi connectivity index (χ2v) is 5.19. The van der Waals surface area contributed by atoms with Crippen LogP contribution in [0.25, 0.3) is 0 Å². The fraction of sp³-hybridized carbons (Fsp3) is 0.533. The van der Waals surface area contributed by atoms with Crippen molar-refractivity contribution in [3.8, 4) is 5.75 Å². The van der Waals surface area contributed by atoms with Gasteiger partial charge in [0.1, 0.15) is 24.3 Å². The molecule has 1 heterocycles. The van der Waals surface area contributed by atoms with E-state index in [9.17, 15) is 9.18 Å². The highest BCUT2D eigenvalue weighted by molar-refractivity contribution is 5.79. The van der Waals surface area contributed by atoms with Gasteiger partial charge < -0.3 is 9.47 Å². The molecule has 1 aromatic carbocycles. The highest BCUT2D eigenvalue weighted by Crippen LogP contribution is 2.19. The van der Waals surface area contributed by atoms with E-state index >= 15 is 0 Å². The minimum absolute atomic E-state index is 0.0318. The first-order valence-electron chi connectivity index (χ1n) is 6.83. The maximum Gasteiger partial charge on any atom is 0.153 e. The minimum atomic E-state index is -0.445. The van der Waals surface area contributed by atoms with Gasteiger partial charge in [-0.1, -0.05) is 0 Å². The lowest BCUT2D eigenvalue weighted by molar-refractivity contribution is -0.0565. The van der Waals surface area contributed by atoms with Crippen molar-refractivity contribution in [1.82, 2.24) is 4.90 Å². The molecular weight excluding hydrogens is 261 g/mol. The molecule has 1 saturated heterocycles. The van der Waals surface area contributed by atoms with E-state index in [2.05, 4.69) is 18.7 Å². The molecule has 4 nitrogen and oxygen atoms in total. The molecule has 1 aromatic rings. The van der Waals surface area contributed by atoms with Crippen molar-refractivity contribution in [2.75, 3.05) is 26.3 Å². The Morgan fingerprint density at radius 2 is 2.35 bits per heavy atom. The second-order valence-electron chi connectivity index (χ2n) is 5.19. The number of hydrogen-bond acceptors (Lipinski definition) is 4. The number of hydrogen-bond donors (Lipinski definition) is 0. The Bertz CT molecular complexity index is 464. The Morgan fingerprint density at radius 1 is 1.55 bits per heavy atom. The molecule has 0 spiro atoms. The minimum Gasteiger partial charge on any atom is -0.490 e. The summed E-state index contributed by atoms with van der Waals surface area (Å²) in [4.78, 5) is 13.2. The molecule has 1 atom stereocenters. The van der Waals surface area contributed by atoms with E-state index in [0.717, 1.165) is 13.1 Å². The molecular formula is C15H20FNO3. The maximum absolute atomic E-state index is 13.0. The van der Waals surface area contributed by atoms with Crippen molar-refractivity contribution in [3.63, 3.8) is 0 Å². The van der Waals surface area contributed by atoms with E-state index in [1.165, 1.54) is 18.2 Å². The lowest BCUT2D eigenvalue weighted by atomic mass is 10.2.